The number of amides is 1. The van der Waals surface area contributed by atoms with E-state index in [1.807, 2.05) is 0 Å². The molecule has 0 fully saturated rings. The summed E-state index contributed by atoms with van der Waals surface area (Å²) < 4.78 is 56.2. The molecule has 1 aromatic heterocycles. The first kappa shape index (κ1) is 16.9. The van der Waals surface area contributed by atoms with Gasteiger partial charge in [-0.25, -0.2) is 17.2 Å². The second kappa shape index (κ2) is 6.73. The lowest BCUT2D eigenvalue weighted by molar-refractivity contribution is 0.0955. The number of carbonyl (C=O) groups is 1. The lowest BCUT2D eigenvalue weighted by Crippen LogP contribution is -2.31. The van der Waals surface area contributed by atoms with Crippen molar-refractivity contribution < 1.29 is 26.5 Å². The van der Waals surface area contributed by atoms with Gasteiger partial charge in [-0.3, -0.25) is 9.52 Å². The van der Waals surface area contributed by atoms with E-state index in [-0.39, 0.29) is 17.9 Å². The van der Waals surface area contributed by atoms with Gasteiger partial charge in [0.2, 0.25) is 10.0 Å². The molecule has 2 rings (SSSR count). The molecule has 0 saturated carbocycles. The molecule has 124 valence electrons. The van der Waals surface area contributed by atoms with Crippen LogP contribution in [0.3, 0.4) is 0 Å². The molecule has 2 N–H and O–H groups in total. The second-order valence-electron chi connectivity index (χ2n) is 4.63. The summed E-state index contributed by atoms with van der Waals surface area (Å²) in [6, 6.07) is 4.04. The van der Waals surface area contributed by atoms with E-state index in [9.17, 15) is 22.0 Å². The summed E-state index contributed by atoms with van der Waals surface area (Å²) in [6.45, 7) is 1.39. The highest BCUT2D eigenvalue weighted by molar-refractivity contribution is 7.92. The van der Waals surface area contributed by atoms with E-state index in [1.54, 1.807) is 6.92 Å². The Morgan fingerprint density at radius 1 is 1.26 bits per heavy atom. The Morgan fingerprint density at radius 3 is 2.61 bits per heavy atom. The van der Waals surface area contributed by atoms with Crippen LogP contribution in [0, 0.1) is 18.6 Å². The van der Waals surface area contributed by atoms with Crippen LogP contribution in [0.4, 0.5) is 14.6 Å². The van der Waals surface area contributed by atoms with Gasteiger partial charge >= 0.3 is 0 Å². The van der Waals surface area contributed by atoms with Crippen LogP contribution >= 0.6 is 0 Å². The van der Waals surface area contributed by atoms with Crippen LogP contribution in [-0.2, 0) is 10.0 Å². The number of hydrogen-bond donors (Lipinski definition) is 2. The predicted octanol–water partition coefficient (Wildman–Crippen LogP) is 1.43. The number of anilines is 1. The van der Waals surface area contributed by atoms with Crippen molar-refractivity contribution in [1.29, 1.82) is 0 Å². The molecule has 1 amide bonds. The summed E-state index contributed by atoms with van der Waals surface area (Å²) in [5.74, 6) is -2.89. The zero-order valence-corrected chi connectivity index (χ0v) is 12.8. The largest absolute Gasteiger partial charge is 0.360 e. The number of benzene rings is 1. The van der Waals surface area contributed by atoms with Crippen LogP contribution in [0.1, 0.15) is 16.1 Å². The van der Waals surface area contributed by atoms with E-state index in [0.29, 0.717) is 5.76 Å². The lowest BCUT2D eigenvalue weighted by atomic mass is 10.2. The molecular formula is C13H13F2N3O4S. The van der Waals surface area contributed by atoms with E-state index in [1.165, 1.54) is 6.07 Å². The minimum atomic E-state index is -3.74. The minimum Gasteiger partial charge on any atom is -0.360 e. The Morgan fingerprint density at radius 2 is 2.00 bits per heavy atom. The van der Waals surface area contributed by atoms with Gasteiger partial charge in [-0.2, -0.15) is 0 Å². The molecule has 1 aromatic carbocycles. The van der Waals surface area contributed by atoms with E-state index in [2.05, 4.69) is 15.2 Å². The number of sulfonamides is 1. The van der Waals surface area contributed by atoms with Crippen molar-refractivity contribution in [3.05, 3.63) is 47.2 Å². The van der Waals surface area contributed by atoms with Gasteiger partial charge in [0.1, 0.15) is 5.76 Å². The van der Waals surface area contributed by atoms with Crippen molar-refractivity contribution in [3.63, 3.8) is 0 Å². The van der Waals surface area contributed by atoms with Crippen LogP contribution in [0.2, 0.25) is 0 Å². The third kappa shape index (κ3) is 4.74. The highest BCUT2D eigenvalue weighted by atomic mass is 32.2. The third-order valence-electron chi connectivity index (χ3n) is 2.73. The number of aromatic nitrogens is 1. The minimum absolute atomic E-state index is 0.0365. The first-order valence-corrected chi connectivity index (χ1v) is 8.09. The standard InChI is InChI=1S/C13H13F2N3O4S/c1-8-6-12(17-22-8)18-23(20,21)5-4-16-13(19)9-2-3-10(14)11(15)7-9/h2-3,6-7H,4-5H2,1H3,(H,16,19)(H,17,18). The van der Waals surface area contributed by atoms with Gasteiger partial charge in [0, 0.05) is 18.2 Å². The molecule has 2 aromatic rings. The number of hydrogen-bond acceptors (Lipinski definition) is 5. The Labute approximate surface area is 130 Å². The SMILES string of the molecule is Cc1cc(NS(=O)(=O)CCNC(=O)c2ccc(F)c(F)c2)no1. The summed E-state index contributed by atoms with van der Waals surface area (Å²) in [5.41, 5.74) is -0.110. The molecule has 23 heavy (non-hydrogen) atoms. The van der Waals surface area contributed by atoms with Gasteiger partial charge in [-0.05, 0) is 25.1 Å². The average molecular weight is 345 g/mol. The molecular weight excluding hydrogens is 332 g/mol. The molecule has 0 spiro atoms. The Bertz CT molecular complexity index is 820. The summed E-state index contributed by atoms with van der Waals surface area (Å²) >= 11 is 0. The van der Waals surface area contributed by atoms with Crippen molar-refractivity contribution in [2.24, 2.45) is 0 Å². The van der Waals surface area contributed by atoms with E-state index >= 15 is 0 Å². The van der Waals surface area contributed by atoms with Crippen molar-refractivity contribution in [2.75, 3.05) is 17.0 Å². The zero-order valence-electron chi connectivity index (χ0n) is 12.0. The molecule has 0 aliphatic rings. The number of nitrogens with one attached hydrogen (secondary N) is 2. The highest BCUT2D eigenvalue weighted by Crippen LogP contribution is 2.10. The van der Waals surface area contributed by atoms with Gasteiger partial charge in [0.15, 0.2) is 17.5 Å². The molecule has 10 heteroatoms. The van der Waals surface area contributed by atoms with E-state index < -0.39 is 33.3 Å². The monoisotopic (exact) mass is 345 g/mol. The smallest absolute Gasteiger partial charge is 0.251 e. The second-order valence-corrected chi connectivity index (χ2v) is 6.47. The van der Waals surface area contributed by atoms with Crippen molar-refractivity contribution in [3.8, 4) is 0 Å². The van der Waals surface area contributed by atoms with Crippen LogP contribution in [0.5, 0.6) is 0 Å². The maximum absolute atomic E-state index is 13.0. The fraction of sp³-hybridized carbons (Fsp3) is 0.231. The third-order valence-corrected chi connectivity index (χ3v) is 3.99. The van der Waals surface area contributed by atoms with Crippen LogP contribution in [0.15, 0.2) is 28.8 Å². The maximum atomic E-state index is 13.0. The van der Waals surface area contributed by atoms with Crippen molar-refractivity contribution in [2.45, 2.75) is 6.92 Å². The summed E-state index contributed by atoms with van der Waals surface area (Å²) in [6.07, 6.45) is 0. The molecule has 0 unspecified atom stereocenters. The molecule has 0 radical (unpaired) electrons. The Balaban J connectivity index is 1.88. The number of nitrogens with zero attached hydrogens (tertiary/aromatic N) is 1. The number of aryl methyl sites for hydroxylation is 1. The summed E-state index contributed by atoms with van der Waals surface area (Å²) in [7, 11) is -3.74. The van der Waals surface area contributed by atoms with Gasteiger partial charge in [0.25, 0.3) is 5.91 Å². The molecule has 7 nitrogen and oxygen atoms in total. The van der Waals surface area contributed by atoms with Crippen LogP contribution in [0.25, 0.3) is 0 Å². The molecule has 0 bridgehead atoms. The van der Waals surface area contributed by atoms with E-state index in [0.717, 1.165) is 18.2 Å². The van der Waals surface area contributed by atoms with Gasteiger partial charge in [-0.1, -0.05) is 5.16 Å². The Kier molecular flexibility index (Phi) is 4.94. The Hall–Kier alpha value is -2.49. The highest BCUT2D eigenvalue weighted by Gasteiger charge is 2.14. The first-order chi connectivity index (χ1) is 10.8. The van der Waals surface area contributed by atoms with Gasteiger partial charge < -0.3 is 9.84 Å². The zero-order chi connectivity index (χ0) is 17.0. The molecule has 0 atom stereocenters. The number of halogens is 2. The predicted molar refractivity (Wildman–Crippen MR) is 77.3 cm³/mol. The summed E-state index contributed by atoms with van der Waals surface area (Å²) in [4.78, 5) is 11.7. The van der Waals surface area contributed by atoms with E-state index in [4.69, 9.17) is 4.52 Å². The maximum Gasteiger partial charge on any atom is 0.251 e. The number of rotatable bonds is 6. The van der Waals surface area contributed by atoms with Crippen molar-refractivity contribution >= 4 is 21.7 Å². The van der Waals surface area contributed by atoms with Crippen molar-refractivity contribution in [1.82, 2.24) is 10.5 Å². The topological polar surface area (TPSA) is 101 Å². The summed E-state index contributed by atoms with van der Waals surface area (Å²) in [5, 5.41) is 5.78. The molecule has 0 aliphatic heterocycles. The van der Waals surface area contributed by atoms with Crippen LogP contribution < -0.4 is 10.0 Å². The average Bonchev–Trinajstić information content (AvgIpc) is 2.85. The fourth-order valence-corrected chi connectivity index (χ4v) is 2.55. The molecule has 0 saturated heterocycles. The quantitative estimate of drug-likeness (QED) is 0.825. The normalized spacial score (nSPS) is 11.3. The first-order valence-electron chi connectivity index (χ1n) is 6.44. The number of carbonyl (C=O) groups excluding carboxylic acids is 1. The fourth-order valence-electron chi connectivity index (χ4n) is 1.66. The molecule has 1 heterocycles. The molecule has 0 aliphatic carbocycles. The van der Waals surface area contributed by atoms with Gasteiger partial charge in [-0.15, -0.1) is 0 Å². The van der Waals surface area contributed by atoms with Crippen LogP contribution in [-0.4, -0.2) is 31.8 Å². The van der Waals surface area contributed by atoms with Gasteiger partial charge in [0.05, 0.1) is 5.75 Å². The lowest BCUT2D eigenvalue weighted by Gasteiger charge is -2.07.